The van der Waals surface area contributed by atoms with E-state index >= 15 is 0 Å². The number of hydrogen-bond donors (Lipinski definition) is 2. The van der Waals surface area contributed by atoms with Gasteiger partial charge < -0.3 is 24.4 Å². The Bertz CT molecular complexity index is 1260. The fourth-order valence-corrected chi connectivity index (χ4v) is 4.41. The fourth-order valence-electron chi connectivity index (χ4n) is 4.41. The molecule has 0 aromatic heterocycles. The van der Waals surface area contributed by atoms with Crippen LogP contribution in [0, 0.1) is 11.8 Å². The van der Waals surface area contributed by atoms with Gasteiger partial charge in [0.1, 0.15) is 30.5 Å². The molecule has 0 radical (unpaired) electrons. The zero-order valence-corrected chi connectivity index (χ0v) is 22.2. The van der Waals surface area contributed by atoms with Crippen LogP contribution in [-0.2, 0) is 13.2 Å². The highest BCUT2D eigenvalue weighted by Gasteiger charge is 2.30. The van der Waals surface area contributed by atoms with Gasteiger partial charge in [0.05, 0.1) is 19.3 Å². The lowest BCUT2D eigenvalue weighted by Crippen LogP contribution is -2.23. The normalized spacial score (nSPS) is 14.2. The van der Waals surface area contributed by atoms with E-state index in [4.69, 9.17) is 14.2 Å². The average Bonchev–Trinajstić information content (AvgIpc) is 2.98. The zero-order valence-electron chi connectivity index (χ0n) is 22.2. The van der Waals surface area contributed by atoms with E-state index in [-0.39, 0.29) is 11.8 Å². The summed E-state index contributed by atoms with van der Waals surface area (Å²) in [7, 11) is 1.61. The molecule has 0 saturated carbocycles. The summed E-state index contributed by atoms with van der Waals surface area (Å²) in [6.07, 6.45) is -1.60. The highest BCUT2D eigenvalue weighted by Crippen LogP contribution is 2.40. The summed E-state index contributed by atoms with van der Waals surface area (Å²) in [6, 6.07) is 32.8. The summed E-state index contributed by atoms with van der Waals surface area (Å²) in [6.45, 7) is 4.69. The average molecular weight is 513 g/mol. The predicted octanol–water partition coefficient (Wildman–Crippen LogP) is 6.89. The number of ether oxygens (including phenoxy) is 3. The second kappa shape index (κ2) is 13.1. The molecular formula is C33H36O5. The van der Waals surface area contributed by atoms with Gasteiger partial charge in [-0.1, -0.05) is 86.6 Å². The van der Waals surface area contributed by atoms with Gasteiger partial charge in [0, 0.05) is 11.6 Å². The number of rotatable bonds is 12. The SMILES string of the molecule is COc1ccc([C@@H](O)[C@H](C)[C@H](C)[C@@H](O)c2ccc(OCc3ccccc3)cc2OCc2ccccc2)cc1. The number of aliphatic hydroxyl groups is 2. The molecule has 0 fully saturated rings. The minimum atomic E-state index is -0.855. The lowest BCUT2D eigenvalue weighted by Gasteiger charge is -2.30. The molecule has 198 valence electrons. The molecule has 0 aliphatic heterocycles. The maximum atomic E-state index is 11.5. The van der Waals surface area contributed by atoms with E-state index in [1.54, 1.807) is 7.11 Å². The van der Waals surface area contributed by atoms with Crippen molar-refractivity contribution in [1.82, 2.24) is 0 Å². The van der Waals surface area contributed by atoms with Crippen molar-refractivity contribution in [1.29, 1.82) is 0 Å². The van der Waals surface area contributed by atoms with Crippen molar-refractivity contribution in [3.63, 3.8) is 0 Å². The van der Waals surface area contributed by atoms with Crippen molar-refractivity contribution in [3.05, 3.63) is 125 Å². The van der Waals surface area contributed by atoms with Gasteiger partial charge in [0.15, 0.2) is 0 Å². The Balaban J connectivity index is 1.53. The van der Waals surface area contributed by atoms with Gasteiger partial charge >= 0.3 is 0 Å². The summed E-state index contributed by atoms with van der Waals surface area (Å²) in [5.74, 6) is 1.46. The third kappa shape index (κ3) is 6.94. The van der Waals surface area contributed by atoms with Gasteiger partial charge in [-0.25, -0.2) is 0 Å². The van der Waals surface area contributed by atoms with E-state index in [0.717, 1.165) is 22.4 Å². The third-order valence-corrected chi connectivity index (χ3v) is 7.07. The smallest absolute Gasteiger partial charge is 0.129 e. The van der Waals surface area contributed by atoms with Gasteiger partial charge in [-0.2, -0.15) is 0 Å². The Hall–Kier alpha value is -3.80. The second-order valence-corrected chi connectivity index (χ2v) is 9.63. The lowest BCUT2D eigenvalue weighted by atomic mass is 9.81. The van der Waals surface area contributed by atoms with Crippen molar-refractivity contribution in [2.75, 3.05) is 7.11 Å². The van der Waals surface area contributed by atoms with Crippen LogP contribution < -0.4 is 14.2 Å². The number of benzene rings is 4. The first-order chi connectivity index (χ1) is 18.5. The molecule has 0 heterocycles. The van der Waals surface area contributed by atoms with E-state index < -0.39 is 12.2 Å². The molecule has 0 aliphatic carbocycles. The highest BCUT2D eigenvalue weighted by atomic mass is 16.5. The summed E-state index contributed by atoms with van der Waals surface area (Å²) in [5.41, 5.74) is 3.54. The van der Waals surface area contributed by atoms with Crippen LogP contribution in [0.5, 0.6) is 17.2 Å². The number of aliphatic hydroxyl groups excluding tert-OH is 2. The van der Waals surface area contributed by atoms with Gasteiger partial charge in [0.25, 0.3) is 0 Å². The van der Waals surface area contributed by atoms with Crippen LogP contribution in [0.3, 0.4) is 0 Å². The first-order valence-corrected chi connectivity index (χ1v) is 12.9. The molecule has 2 N–H and O–H groups in total. The molecular weight excluding hydrogens is 476 g/mol. The summed E-state index contributed by atoms with van der Waals surface area (Å²) in [4.78, 5) is 0. The van der Waals surface area contributed by atoms with Crippen LogP contribution in [-0.4, -0.2) is 17.3 Å². The molecule has 4 aromatic carbocycles. The molecule has 5 nitrogen and oxygen atoms in total. The van der Waals surface area contributed by atoms with Gasteiger partial charge in [-0.05, 0) is 52.8 Å². The van der Waals surface area contributed by atoms with Crippen molar-refractivity contribution in [3.8, 4) is 17.2 Å². The van der Waals surface area contributed by atoms with Crippen molar-refractivity contribution >= 4 is 0 Å². The Morgan fingerprint density at radius 3 is 1.71 bits per heavy atom. The number of hydrogen-bond acceptors (Lipinski definition) is 5. The van der Waals surface area contributed by atoms with E-state index in [1.165, 1.54) is 0 Å². The minimum absolute atomic E-state index is 0.227. The Kier molecular flexibility index (Phi) is 9.41. The molecule has 4 atom stereocenters. The monoisotopic (exact) mass is 512 g/mol. The predicted molar refractivity (Wildman–Crippen MR) is 149 cm³/mol. The maximum absolute atomic E-state index is 11.5. The molecule has 0 bridgehead atoms. The van der Waals surface area contributed by atoms with Crippen LogP contribution >= 0.6 is 0 Å². The van der Waals surface area contributed by atoms with Crippen LogP contribution in [0.15, 0.2) is 103 Å². The largest absolute Gasteiger partial charge is 0.497 e. The highest BCUT2D eigenvalue weighted by molar-refractivity contribution is 5.43. The Morgan fingerprint density at radius 2 is 1.13 bits per heavy atom. The standard InChI is InChI=1S/C33H36O5/c1-23(32(34)27-14-16-28(36-3)17-15-27)24(2)33(35)30-19-18-29(37-21-25-10-6-4-7-11-25)20-31(30)38-22-26-12-8-5-9-13-26/h4-20,23-24,32-35H,21-22H2,1-3H3/t23-,24+,32+,33-/m1/s1. The van der Waals surface area contributed by atoms with E-state index in [9.17, 15) is 10.2 Å². The quantitative estimate of drug-likeness (QED) is 0.216. The summed E-state index contributed by atoms with van der Waals surface area (Å²) in [5, 5.41) is 22.5. The van der Waals surface area contributed by atoms with Crippen molar-refractivity contribution in [2.45, 2.75) is 39.3 Å². The van der Waals surface area contributed by atoms with E-state index in [1.807, 2.05) is 117 Å². The Morgan fingerprint density at radius 1 is 0.605 bits per heavy atom. The zero-order chi connectivity index (χ0) is 26.9. The third-order valence-electron chi connectivity index (χ3n) is 7.07. The van der Waals surface area contributed by atoms with E-state index in [2.05, 4.69) is 0 Å². The van der Waals surface area contributed by atoms with Gasteiger partial charge in [-0.3, -0.25) is 0 Å². The number of methoxy groups -OCH3 is 1. The summed E-state index contributed by atoms with van der Waals surface area (Å²) >= 11 is 0. The maximum Gasteiger partial charge on any atom is 0.129 e. The molecule has 0 spiro atoms. The molecule has 0 amide bonds. The first kappa shape index (κ1) is 27.2. The molecule has 0 unspecified atom stereocenters. The molecule has 4 rings (SSSR count). The molecule has 38 heavy (non-hydrogen) atoms. The fraction of sp³-hybridized carbons (Fsp3) is 0.273. The van der Waals surface area contributed by atoms with Gasteiger partial charge in [-0.15, -0.1) is 0 Å². The molecule has 4 aromatic rings. The Labute approximate surface area is 225 Å². The topological polar surface area (TPSA) is 68.2 Å². The molecule has 0 saturated heterocycles. The van der Waals surface area contributed by atoms with Crippen molar-refractivity contribution < 1.29 is 24.4 Å². The molecule has 5 heteroatoms. The van der Waals surface area contributed by atoms with E-state index in [0.29, 0.717) is 30.3 Å². The van der Waals surface area contributed by atoms with Crippen LogP contribution in [0.25, 0.3) is 0 Å². The molecule has 0 aliphatic rings. The second-order valence-electron chi connectivity index (χ2n) is 9.63. The van der Waals surface area contributed by atoms with Crippen LogP contribution in [0.4, 0.5) is 0 Å². The lowest BCUT2D eigenvalue weighted by molar-refractivity contribution is 0.0198. The van der Waals surface area contributed by atoms with Crippen LogP contribution in [0.1, 0.15) is 48.3 Å². The van der Waals surface area contributed by atoms with Crippen molar-refractivity contribution in [2.24, 2.45) is 11.8 Å². The van der Waals surface area contributed by atoms with Crippen LogP contribution in [0.2, 0.25) is 0 Å². The first-order valence-electron chi connectivity index (χ1n) is 12.9. The summed E-state index contributed by atoms with van der Waals surface area (Å²) < 4.78 is 17.5. The minimum Gasteiger partial charge on any atom is -0.497 e. The van der Waals surface area contributed by atoms with Gasteiger partial charge in [0.2, 0.25) is 0 Å².